The number of carbonyl (C=O) groups excluding carboxylic acids is 1. The van der Waals surface area contributed by atoms with E-state index in [1.807, 2.05) is 30.3 Å². The molecule has 0 aliphatic carbocycles. The maximum absolute atomic E-state index is 12.4. The molecule has 0 fully saturated rings. The van der Waals surface area contributed by atoms with E-state index in [0.29, 0.717) is 17.4 Å². The lowest BCUT2D eigenvalue weighted by Gasteiger charge is -2.23. The highest BCUT2D eigenvalue weighted by atomic mass is 16.1. The molecule has 1 amide bonds. The minimum Gasteiger partial charge on any atom is -0.345 e. The Balaban J connectivity index is 2.18. The molecule has 0 bridgehead atoms. The smallest absolute Gasteiger partial charge is 0.251 e. The fourth-order valence-electron chi connectivity index (χ4n) is 2.54. The number of nitrogens with one attached hydrogen (secondary N) is 1. The van der Waals surface area contributed by atoms with E-state index in [0.717, 1.165) is 5.56 Å². The van der Waals surface area contributed by atoms with Gasteiger partial charge in [0.25, 0.3) is 5.91 Å². The van der Waals surface area contributed by atoms with Gasteiger partial charge < -0.3 is 5.32 Å². The van der Waals surface area contributed by atoms with E-state index in [-0.39, 0.29) is 11.9 Å². The quantitative estimate of drug-likeness (QED) is 0.832. The Morgan fingerprint density at radius 3 is 1.86 bits per heavy atom. The summed E-state index contributed by atoms with van der Waals surface area (Å²) in [4.78, 5) is 12.4. The summed E-state index contributed by atoms with van der Waals surface area (Å²) in [5, 5.41) is 3.16. The lowest BCUT2D eigenvalue weighted by atomic mass is 9.93. The van der Waals surface area contributed by atoms with E-state index in [1.54, 1.807) is 0 Å². The molecule has 0 heterocycles. The van der Waals surface area contributed by atoms with Crippen LogP contribution in [0.2, 0.25) is 0 Å². The van der Waals surface area contributed by atoms with E-state index in [9.17, 15) is 4.79 Å². The summed E-state index contributed by atoms with van der Waals surface area (Å²) in [6.45, 7) is 8.64. The van der Waals surface area contributed by atoms with Crippen molar-refractivity contribution < 1.29 is 4.79 Å². The summed E-state index contributed by atoms with van der Waals surface area (Å²) in [7, 11) is 0. The number of carbonyl (C=O) groups is 1. The van der Waals surface area contributed by atoms with Gasteiger partial charge in [0.05, 0.1) is 6.04 Å². The molecule has 0 aliphatic rings. The zero-order valence-electron chi connectivity index (χ0n) is 13.8. The molecule has 116 valence electrons. The summed E-state index contributed by atoms with van der Waals surface area (Å²) < 4.78 is 0. The van der Waals surface area contributed by atoms with Gasteiger partial charge in [0.1, 0.15) is 0 Å². The first-order valence-corrected chi connectivity index (χ1v) is 7.94. The Hall–Kier alpha value is -2.09. The van der Waals surface area contributed by atoms with Crippen molar-refractivity contribution in [3.05, 3.63) is 71.3 Å². The highest BCUT2D eigenvalue weighted by Crippen LogP contribution is 2.24. The molecule has 0 radical (unpaired) electrons. The van der Waals surface area contributed by atoms with Crippen LogP contribution in [0.5, 0.6) is 0 Å². The van der Waals surface area contributed by atoms with E-state index >= 15 is 0 Å². The second kappa shape index (κ2) is 7.26. The van der Waals surface area contributed by atoms with Gasteiger partial charge in [-0.3, -0.25) is 4.79 Å². The molecule has 2 heteroatoms. The van der Waals surface area contributed by atoms with E-state index in [4.69, 9.17) is 0 Å². The summed E-state index contributed by atoms with van der Waals surface area (Å²) in [5.74, 6) is 0.829. The zero-order chi connectivity index (χ0) is 16.1. The van der Waals surface area contributed by atoms with Crippen molar-refractivity contribution in [2.75, 3.05) is 0 Å². The summed E-state index contributed by atoms with van der Waals surface area (Å²) in [6.07, 6.45) is 0. The van der Waals surface area contributed by atoms with Gasteiger partial charge in [0.2, 0.25) is 0 Å². The molecule has 2 aromatic rings. The SMILES string of the molecule is CC(C)c1ccc([C@@H](NC(=O)c2ccccc2)C(C)C)cc1. The molecule has 0 spiro atoms. The number of hydrogen-bond donors (Lipinski definition) is 1. The Labute approximate surface area is 133 Å². The molecule has 2 rings (SSSR count). The second-order valence-electron chi connectivity index (χ2n) is 6.38. The van der Waals surface area contributed by atoms with Crippen LogP contribution < -0.4 is 5.32 Å². The first-order valence-electron chi connectivity index (χ1n) is 7.94. The number of benzene rings is 2. The third kappa shape index (κ3) is 3.97. The fourth-order valence-corrected chi connectivity index (χ4v) is 2.54. The lowest BCUT2D eigenvalue weighted by molar-refractivity contribution is 0.0925. The molecule has 0 saturated carbocycles. The van der Waals surface area contributed by atoms with Gasteiger partial charge in [-0.1, -0.05) is 70.2 Å². The molecular weight excluding hydrogens is 270 g/mol. The predicted molar refractivity (Wildman–Crippen MR) is 92.0 cm³/mol. The zero-order valence-corrected chi connectivity index (χ0v) is 13.8. The first kappa shape index (κ1) is 16.3. The largest absolute Gasteiger partial charge is 0.345 e. The van der Waals surface area contributed by atoms with Crippen LogP contribution in [-0.2, 0) is 0 Å². The predicted octanol–water partition coefficient (Wildman–Crippen LogP) is 4.94. The number of rotatable bonds is 5. The van der Waals surface area contributed by atoms with E-state index in [1.165, 1.54) is 5.56 Å². The standard InChI is InChI=1S/C20H25NO/c1-14(2)16-10-12-17(13-11-16)19(15(3)4)21-20(22)18-8-6-5-7-9-18/h5-15,19H,1-4H3,(H,21,22)/t19-/m0/s1. The van der Waals surface area contributed by atoms with Crippen LogP contribution in [0.25, 0.3) is 0 Å². The molecule has 2 nitrogen and oxygen atoms in total. The van der Waals surface area contributed by atoms with Crippen LogP contribution in [-0.4, -0.2) is 5.91 Å². The minimum absolute atomic E-state index is 0.0211. The molecule has 0 unspecified atom stereocenters. The third-order valence-electron chi connectivity index (χ3n) is 3.95. The lowest BCUT2D eigenvalue weighted by Crippen LogP contribution is -2.31. The van der Waals surface area contributed by atoms with Crippen LogP contribution >= 0.6 is 0 Å². The Bertz CT molecular complexity index is 599. The maximum atomic E-state index is 12.4. The van der Waals surface area contributed by atoms with Crippen molar-refractivity contribution in [2.45, 2.75) is 39.7 Å². The van der Waals surface area contributed by atoms with Gasteiger partial charge in [-0.15, -0.1) is 0 Å². The summed E-state index contributed by atoms with van der Waals surface area (Å²) in [6, 6.07) is 18.0. The fraction of sp³-hybridized carbons (Fsp3) is 0.350. The average molecular weight is 295 g/mol. The molecular formula is C20H25NO. The van der Waals surface area contributed by atoms with Crippen molar-refractivity contribution in [1.29, 1.82) is 0 Å². The number of hydrogen-bond acceptors (Lipinski definition) is 1. The first-order chi connectivity index (χ1) is 10.5. The molecule has 1 N–H and O–H groups in total. The average Bonchev–Trinajstić information content (AvgIpc) is 2.53. The number of amides is 1. The van der Waals surface area contributed by atoms with Crippen LogP contribution in [0.15, 0.2) is 54.6 Å². The third-order valence-corrected chi connectivity index (χ3v) is 3.95. The summed E-state index contributed by atoms with van der Waals surface area (Å²) in [5.41, 5.74) is 3.18. The van der Waals surface area contributed by atoms with Gasteiger partial charge in [0, 0.05) is 5.56 Å². The molecule has 22 heavy (non-hydrogen) atoms. The topological polar surface area (TPSA) is 29.1 Å². The molecule has 2 aromatic carbocycles. The molecule has 0 saturated heterocycles. The molecule has 0 aromatic heterocycles. The Kier molecular flexibility index (Phi) is 5.37. The van der Waals surface area contributed by atoms with Gasteiger partial charge in [-0.2, -0.15) is 0 Å². The monoisotopic (exact) mass is 295 g/mol. The maximum Gasteiger partial charge on any atom is 0.251 e. The second-order valence-corrected chi connectivity index (χ2v) is 6.38. The van der Waals surface area contributed by atoms with Crippen molar-refractivity contribution >= 4 is 5.91 Å². The van der Waals surface area contributed by atoms with Crippen molar-refractivity contribution in [3.8, 4) is 0 Å². The van der Waals surface area contributed by atoms with Gasteiger partial charge >= 0.3 is 0 Å². The van der Waals surface area contributed by atoms with Gasteiger partial charge in [-0.05, 0) is 35.1 Å². The van der Waals surface area contributed by atoms with Crippen molar-refractivity contribution in [1.82, 2.24) is 5.32 Å². The minimum atomic E-state index is -0.0211. The van der Waals surface area contributed by atoms with Crippen molar-refractivity contribution in [3.63, 3.8) is 0 Å². The highest BCUT2D eigenvalue weighted by Gasteiger charge is 2.19. The van der Waals surface area contributed by atoms with Gasteiger partial charge in [-0.25, -0.2) is 0 Å². The van der Waals surface area contributed by atoms with Gasteiger partial charge in [0.15, 0.2) is 0 Å². The Morgan fingerprint density at radius 2 is 1.36 bits per heavy atom. The van der Waals surface area contributed by atoms with Crippen LogP contribution in [0.1, 0.15) is 61.1 Å². The summed E-state index contributed by atoms with van der Waals surface area (Å²) >= 11 is 0. The Morgan fingerprint density at radius 1 is 0.818 bits per heavy atom. The van der Waals surface area contributed by atoms with Crippen LogP contribution in [0.3, 0.4) is 0 Å². The van der Waals surface area contributed by atoms with Crippen molar-refractivity contribution in [2.24, 2.45) is 5.92 Å². The molecule has 0 aliphatic heterocycles. The van der Waals surface area contributed by atoms with Crippen LogP contribution in [0.4, 0.5) is 0 Å². The molecule has 1 atom stereocenters. The normalized spacial score (nSPS) is 12.5. The van der Waals surface area contributed by atoms with E-state index in [2.05, 4.69) is 57.3 Å². The highest BCUT2D eigenvalue weighted by molar-refractivity contribution is 5.94. The van der Waals surface area contributed by atoms with E-state index < -0.39 is 0 Å². The van der Waals surface area contributed by atoms with Crippen LogP contribution in [0, 0.1) is 5.92 Å².